The Kier molecular flexibility index (Phi) is 1.75. The fourth-order valence-electron chi connectivity index (χ4n) is 0. The highest BCUT2D eigenvalue weighted by Gasteiger charge is 2.20. The number of aliphatic hydroxyl groups excluding tert-OH is 1. The molecular formula is C5H11FO. The first-order valence-electron chi connectivity index (χ1n) is 2.27. The fraction of sp³-hybridized carbons (Fsp3) is 1.00. The number of halogens is 1. The van der Waals surface area contributed by atoms with E-state index in [0.717, 1.165) is 0 Å². The summed E-state index contributed by atoms with van der Waals surface area (Å²) in [7, 11) is 0. The van der Waals surface area contributed by atoms with Crippen LogP contribution >= 0.6 is 0 Å². The van der Waals surface area contributed by atoms with Gasteiger partial charge in [-0.2, -0.15) is 0 Å². The first-order chi connectivity index (χ1) is 2.94. The molecule has 7 heavy (non-hydrogen) atoms. The molecule has 0 heterocycles. The summed E-state index contributed by atoms with van der Waals surface area (Å²) < 4.78 is 11.8. The van der Waals surface area contributed by atoms with Crippen molar-refractivity contribution in [2.45, 2.75) is 27.1 Å². The third-order valence-corrected chi connectivity index (χ3v) is 0.715. The second kappa shape index (κ2) is 1.78. The lowest BCUT2D eigenvalue weighted by Gasteiger charge is -2.17. The van der Waals surface area contributed by atoms with Crippen LogP contribution in [0.25, 0.3) is 0 Å². The monoisotopic (exact) mass is 106 g/mol. The molecule has 0 saturated carbocycles. The van der Waals surface area contributed by atoms with Gasteiger partial charge in [-0.25, -0.2) is 4.39 Å². The lowest BCUT2D eigenvalue weighted by atomic mass is 9.97. The number of aliphatic hydroxyl groups is 1. The zero-order chi connectivity index (χ0) is 6.08. The van der Waals surface area contributed by atoms with Crippen molar-refractivity contribution in [3.63, 3.8) is 0 Å². The molecule has 0 aliphatic carbocycles. The molecule has 0 spiro atoms. The van der Waals surface area contributed by atoms with Crippen molar-refractivity contribution in [2.24, 2.45) is 5.41 Å². The van der Waals surface area contributed by atoms with E-state index >= 15 is 0 Å². The quantitative estimate of drug-likeness (QED) is 0.493. The molecule has 0 aromatic heterocycles. The molecule has 1 unspecified atom stereocenters. The van der Waals surface area contributed by atoms with Crippen LogP contribution in [-0.2, 0) is 0 Å². The highest BCUT2D eigenvalue weighted by atomic mass is 19.1. The Bertz CT molecular complexity index is 53.6. The molecule has 0 fully saturated rings. The van der Waals surface area contributed by atoms with Crippen LogP contribution < -0.4 is 0 Å². The second-order valence-corrected chi connectivity index (χ2v) is 2.70. The summed E-state index contributed by atoms with van der Waals surface area (Å²) in [6.45, 7) is 4.91. The molecule has 44 valence electrons. The first-order valence-corrected chi connectivity index (χ1v) is 2.27. The number of hydrogen-bond acceptors (Lipinski definition) is 1. The summed E-state index contributed by atoms with van der Waals surface area (Å²) in [6, 6.07) is 0. The van der Waals surface area contributed by atoms with Crippen LogP contribution in [0.4, 0.5) is 4.39 Å². The van der Waals surface area contributed by atoms with Gasteiger partial charge in [-0.05, 0) is 0 Å². The molecule has 0 saturated heterocycles. The predicted molar refractivity (Wildman–Crippen MR) is 26.6 cm³/mol. The Hall–Kier alpha value is -0.110. The van der Waals surface area contributed by atoms with Crippen LogP contribution in [0.3, 0.4) is 0 Å². The zero-order valence-electron chi connectivity index (χ0n) is 4.90. The van der Waals surface area contributed by atoms with E-state index in [2.05, 4.69) is 0 Å². The lowest BCUT2D eigenvalue weighted by Crippen LogP contribution is -2.20. The fourth-order valence-corrected chi connectivity index (χ4v) is 0. The van der Waals surface area contributed by atoms with Crippen molar-refractivity contribution < 1.29 is 9.50 Å². The second-order valence-electron chi connectivity index (χ2n) is 2.70. The Morgan fingerprint density at radius 3 is 1.57 bits per heavy atom. The summed E-state index contributed by atoms with van der Waals surface area (Å²) in [6.07, 6.45) is -1.70. The molecule has 0 radical (unpaired) electrons. The lowest BCUT2D eigenvalue weighted by molar-refractivity contribution is -0.0469. The van der Waals surface area contributed by atoms with Gasteiger partial charge in [-0.1, -0.05) is 20.8 Å². The summed E-state index contributed by atoms with van der Waals surface area (Å²) in [5.41, 5.74) is -0.611. The van der Waals surface area contributed by atoms with E-state index in [1.165, 1.54) is 0 Å². The largest absolute Gasteiger partial charge is 0.364 e. The normalized spacial score (nSPS) is 16.7. The highest BCUT2D eigenvalue weighted by molar-refractivity contribution is 4.61. The molecule has 0 aliphatic rings. The summed E-state index contributed by atoms with van der Waals surface area (Å²) >= 11 is 0. The molecule has 0 bridgehead atoms. The third kappa shape index (κ3) is 2.57. The van der Waals surface area contributed by atoms with Gasteiger partial charge >= 0.3 is 0 Å². The van der Waals surface area contributed by atoms with Crippen molar-refractivity contribution in [1.82, 2.24) is 0 Å². The molecule has 1 nitrogen and oxygen atoms in total. The van der Waals surface area contributed by atoms with E-state index < -0.39 is 11.8 Å². The number of rotatable bonds is 0. The van der Waals surface area contributed by atoms with Gasteiger partial charge in [0.2, 0.25) is 6.36 Å². The number of alkyl halides is 1. The van der Waals surface area contributed by atoms with Crippen LogP contribution in [0.15, 0.2) is 0 Å². The summed E-state index contributed by atoms with van der Waals surface area (Å²) in [4.78, 5) is 0. The maximum absolute atomic E-state index is 11.8. The average Bonchev–Trinajstić information content (AvgIpc) is 1.31. The Labute approximate surface area is 43.2 Å². The zero-order valence-corrected chi connectivity index (χ0v) is 4.90. The minimum absolute atomic E-state index is 0.611. The molecule has 0 rings (SSSR count). The van der Waals surface area contributed by atoms with E-state index in [1.54, 1.807) is 20.8 Å². The van der Waals surface area contributed by atoms with E-state index in [9.17, 15) is 4.39 Å². The molecule has 1 N–H and O–H groups in total. The minimum atomic E-state index is -1.70. The van der Waals surface area contributed by atoms with E-state index in [4.69, 9.17) is 5.11 Å². The van der Waals surface area contributed by atoms with Gasteiger partial charge in [-0.3, -0.25) is 0 Å². The van der Waals surface area contributed by atoms with E-state index in [-0.39, 0.29) is 0 Å². The van der Waals surface area contributed by atoms with E-state index in [1.807, 2.05) is 0 Å². The van der Waals surface area contributed by atoms with Gasteiger partial charge in [0.1, 0.15) is 0 Å². The maximum Gasteiger partial charge on any atom is 0.201 e. The average molecular weight is 106 g/mol. The van der Waals surface area contributed by atoms with Crippen molar-refractivity contribution in [3.8, 4) is 0 Å². The topological polar surface area (TPSA) is 20.2 Å². The van der Waals surface area contributed by atoms with Crippen LogP contribution in [0.5, 0.6) is 0 Å². The molecule has 2 heteroatoms. The SMILES string of the molecule is CC(C)(C)C(O)F. The maximum atomic E-state index is 11.8. The van der Waals surface area contributed by atoms with Crippen LogP contribution in [0.2, 0.25) is 0 Å². The standard InChI is InChI=1S/C5H11FO/c1-5(2,3)4(6)7/h4,7H,1-3H3. The smallest absolute Gasteiger partial charge is 0.201 e. The van der Waals surface area contributed by atoms with Gasteiger partial charge in [0.05, 0.1) is 0 Å². The molecule has 0 aromatic rings. The van der Waals surface area contributed by atoms with Crippen molar-refractivity contribution >= 4 is 0 Å². The summed E-state index contributed by atoms with van der Waals surface area (Å²) in [5, 5.41) is 8.22. The number of hydrogen-bond donors (Lipinski definition) is 1. The molecule has 0 aromatic carbocycles. The molecule has 1 atom stereocenters. The minimum Gasteiger partial charge on any atom is -0.364 e. The van der Waals surface area contributed by atoms with Crippen LogP contribution in [0.1, 0.15) is 20.8 Å². The van der Waals surface area contributed by atoms with Crippen molar-refractivity contribution in [1.29, 1.82) is 0 Å². The highest BCUT2D eigenvalue weighted by Crippen LogP contribution is 2.18. The first kappa shape index (κ1) is 6.89. The Morgan fingerprint density at radius 2 is 1.57 bits per heavy atom. The molecular weight excluding hydrogens is 95.1 g/mol. The van der Waals surface area contributed by atoms with Crippen molar-refractivity contribution in [2.75, 3.05) is 0 Å². The van der Waals surface area contributed by atoms with Gasteiger partial charge in [0, 0.05) is 5.41 Å². The van der Waals surface area contributed by atoms with Gasteiger partial charge in [-0.15, -0.1) is 0 Å². The molecule has 0 amide bonds. The van der Waals surface area contributed by atoms with E-state index in [0.29, 0.717) is 0 Å². The van der Waals surface area contributed by atoms with Gasteiger partial charge in [0.25, 0.3) is 0 Å². The summed E-state index contributed by atoms with van der Waals surface area (Å²) in [5.74, 6) is 0. The van der Waals surface area contributed by atoms with Crippen molar-refractivity contribution in [3.05, 3.63) is 0 Å². The van der Waals surface area contributed by atoms with Gasteiger partial charge < -0.3 is 5.11 Å². The van der Waals surface area contributed by atoms with Gasteiger partial charge in [0.15, 0.2) is 0 Å². The molecule has 0 aliphatic heterocycles. The predicted octanol–water partition coefficient (Wildman–Crippen LogP) is 1.32. The third-order valence-electron chi connectivity index (χ3n) is 0.715. The Morgan fingerprint density at radius 1 is 1.43 bits per heavy atom. The Balaban J connectivity index is 3.54. The van der Waals surface area contributed by atoms with Crippen LogP contribution in [-0.4, -0.2) is 11.5 Å². The van der Waals surface area contributed by atoms with Crippen LogP contribution in [0, 0.1) is 5.41 Å².